The van der Waals surface area contributed by atoms with Gasteiger partial charge in [-0.15, -0.1) is 0 Å². The highest BCUT2D eigenvalue weighted by Crippen LogP contribution is 2.26. The molecule has 2 rings (SSSR count). The number of hydrogen-bond acceptors (Lipinski definition) is 1. The Morgan fingerprint density at radius 1 is 1.11 bits per heavy atom. The van der Waals surface area contributed by atoms with Gasteiger partial charge >= 0.3 is 0 Å². The molecule has 0 aromatic heterocycles. The maximum Gasteiger partial charge on any atom is 0.137 e. The lowest BCUT2D eigenvalue weighted by molar-refractivity contribution is 0.620. The van der Waals surface area contributed by atoms with Gasteiger partial charge in [-0.1, -0.05) is 33.6 Å². The molecular weight excluding hydrogens is 384 g/mol. The minimum Gasteiger partial charge on any atom is -0.380 e. The smallest absolute Gasteiger partial charge is 0.137 e. The third kappa shape index (κ3) is 3.46. The van der Waals surface area contributed by atoms with Crippen molar-refractivity contribution in [2.75, 3.05) is 5.32 Å². The van der Waals surface area contributed by atoms with Gasteiger partial charge in [0.15, 0.2) is 0 Å². The van der Waals surface area contributed by atoms with E-state index in [4.69, 9.17) is 11.6 Å². The van der Waals surface area contributed by atoms with E-state index in [1.54, 1.807) is 12.1 Å². The SMILES string of the molecule is Fc1ccc(CNc2ccc(Br)cc2Cl)cc1Br. The van der Waals surface area contributed by atoms with E-state index in [2.05, 4.69) is 37.2 Å². The van der Waals surface area contributed by atoms with Crippen LogP contribution in [-0.4, -0.2) is 0 Å². The highest BCUT2D eigenvalue weighted by molar-refractivity contribution is 9.10. The first-order chi connectivity index (χ1) is 8.56. The Balaban J connectivity index is 2.09. The number of rotatable bonds is 3. The van der Waals surface area contributed by atoms with E-state index in [-0.39, 0.29) is 5.82 Å². The predicted molar refractivity (Wildman–Crippen MR) is 80.6 cm³/mol. The molecule has 0 atom stereocenters. The summed E-state index contributed by atoms with van der Waals surface area (Å²) in [5.74, 6) is -0.263. The Labute approximate surface area is 127 Å². The predicted octanol–water partition coefficient (Wildman–Crippen LogP) is 5.62. The summed E-state index contributed by atoms with van der Waals surface area (Å²) in [6, 6.07) is 10.5. The van der Waals surface area contributed by atoms with E-state index in [9.17, 15) is 4.39 Å². The van der Waals surface area contributed by atoms with Crippen LogP contribution in [0, 0.1) is 5.82 Å². The first-order valence-electron chi connectivity index (χ1n) is 5.19. The monoisotopic (exact) mass is 391 g/mol. The van der Waals surface area contributed by atoms with E-state index >= 15 is 0 Å². The number of halogens is 4. The summed E-state index contributed by atoms with van der Waals surface area (Å²) >= 11 is 12.6. The second kappa shape index (κ2) is 6.04. The summed E-state index contributed by atoms with van der Waals surface area (Å²) in [5.41, 5.74) is 1.82. The van der Waals surface area contributed by atoms with Gasteiger partial charge in [0.1, 0.15) is 5.82 Å². The van der Waals surface area contributed by atoms with Crippen LogP contribution in [0.4, 0.5) is 10.1 Å². The lowest BCUT2D eigenvalue weighted by Gasteiger charge is -2.09. The molecule has 0 aliphatic rings. The van der Waals surface area contributed by atoms with Gasteiger partial charge in [-0.05, 0) is 51.8 Å². The molecular formula is C13H9Br2ClFN. The Morgan fingerprint density at radius 2 is 1.89 bits per heavy atom. The van der Waals surface area contributed by atoms with E-state index in [0.29, 0.717) is 16.0 Å². The molecule has 0 radical (unpaired) electrons. The molecule has 2 aromatic rings. The standard InChI is InChI=1S/C13H9Br2ClFN/c14-9-2-4-13(11(16)6-9)18-7-8-1-3-12(17)10(15)5-8/h1-6,18H,7H2. The zero-order valence-corrected chi connectivity index (χ0v) is 13.1. The minimum atomic E-state index is -0.263. The average molecular weight is 393 g/mol. The summed E-state index contributed by atoms with van der Waals surface area (Å²) in [5, 5.41) is 3.85. The first kappa shape index (κ1) is 13.8. The van der Waals surface area contributed by atoms with Crippen LogP contribution in [0.1, 0.15) is 5.56 Å². The van der Waals surface area contributed by atoms with Crippen molar-refractivity contribution in [3.63, 3.8) is 0 Å². The normalized spacial score (nSPS) is 10.4. The van der Waals surface area contributed by atoms with Gasteiger partial charge in [0.2, 0.25) is 0 Å². The summed E-state index contributed by atoms with van der Waals surface area (Å²) in [6.07, 6.45) is 0. The second-order valence-corrected chi connectivity index (χ2v) is 5.90. The van der Waals surface area contributed by atoms with Crippen LogP contribution >= 0.6 is 43.5 Å². The molecule has 0 saturated carbocycles. The molecule has 1 nitrogen and oxygen atoms in total. The molecule has 0 fully saturated rings. The fourth-order valence-corrected chi connectivity index (χ4v) is 2.65. The van der Waals surface area contributed by atoms with Gasteiger partial charge < -0.3 is 5.32 Å². The van der Waals surface area contributed by atoms with Gasteiger partial charge in [-0.2, -0.15) is 0 Å². The van der Waals surface area contributed by atoms with Crippen molar-refractivity contribution in [2.24, 2.45) is 0 Å². The molecule has 0 unspecified atom stereocenters. The van der Waals surface area contributed by atoms with Gasteiger partial charge in [0, 0.05) is 11.0 Å². The Morgan fingerprint density at radius 3 is 2.56 bits per heavy atom. The first-order valence-corrected chi connectivity index (χ1v) is 7.15. The van der Waals surface area contributed by atoms with E-state index in [0.717, 1.165) is 15.7 Å². The lowest BCUT2D eigenvalue weighted by atomic mass is 10.2. The molecule has 94 valence electrons. The van der Waals surface area contributed by atoms with Crippen molar-refractivity contribution in [2.45, 2.75) is 6.54 Å². The third-order valence-electron chi connectivity index (χ3n) is 2.40. The van der Waals surface area contributed by atoms with Crippen LogP contribution < -0.4 is 5.32 Å². The summed E-state index contributed by atoms with van der Waals surface area (Å²) < 4.78 is 14.5. The molecule has 0 bridgehead atoms. The highest BCUT2D eigenvalue weighted by atomic mass is 79.9. The highest BCUT2D eigenvalue weighted by Gasteiger charge is 2.03. The van der Waals surface area contributed by atoms with Crippen LogP contribution in [0.5, 0.6) is 0 Å². The Kier molecular flexibility index (Phi) is 4.65. The van der Waals surface area contributed by atoms with E-state index in [1.165, 1.54) is 6.07 Å². The number of hydrogen-bond donors (Lipinski definition) is 1. The van der Waals surface area contributed by atoms with Gasteiger partial charge in [-0.25, -0.2) is 4.39 Å². The number of anilines is 1. The average Bonchev–Trinajstić information content (AvgIpc) is 2.32. The molecule has 0 spiro atoms. The molecule has 0 aliphatic heterocycles. The molecule has 0 aliphatic carbocycles. The third-order valence-corrected chi connectivity index (χ3v) is 3.81. The minimum absolute atomic E-state index is 0.263. The summed E-state index contributed by atoms with van der Waals surface area (Å²) in [7, 11) is 0. The molecule has 1 N–H and O–H groups in total. The van der Waals surface area contributed by atoms with Gasteiger partial charge in [0.25, 0.3) is 0 Å². The molecule has 0 heterocycles. The van der Waals surface area contributed by atoms with Crippen molar-refractivity contribution in [1.29, 1.82) is 0 Å². The maximum absolute atomic E-state index is 13.1. The van der Waals surface area contributed by atoms with Crippen LogP contribution in [0.3, 0.4) is 0 Å². The van der Waals surface area contributed by atoms with Crippen molar-refractivity contribution in [3.05, 3.63) is 61.7 Å². The molecule has 0 amide bonds. The molecule has 18 heavy (non-hydrogen) atoms. The second-order valence-electron chi connectivity index (χ2n) is 3.73. The fourth-order valence-electron chi connectivity index (χ4n) is 1.48. The zero-order chi connectivity index (χ0) is 13.1. The van der Waals surface area contributed by atoms with Crippen LogP contribution in [0.15, 0.2) is 45.3 Å². The van der Waals surface area contributed by atoms with Crippen molar-refractivity contribution >= 4 is 49.1 Å². The largest absolute Gasteiger partial charge is 0.380 e. The van der Waals surface area contributed by atoms with Gasteiger partial charge in [-0.3, -0.25) is 0 Å². The van der Waals surface area contributed by atoms with Crippen molar-refractivity contribution in [1.82, 2.24) is 0 Å². The number of nitrogens with one attached hydrogen (secondary N) is 1. The fraction of sp³-hybridized carbons (Fsp3) is 0.0769. The topological polar surface area (TPSA) is 12.0 Å². The maximum atomic E-state index is 13.1. The lowest BCUT2D eigenvalue weighted by Crippen LogP contribution is -2.00. The van der Waals surface area contributed by atoms with Crippen molar-refractivity contribution < 1.29 is 4.39 Å². The van der Waals surface area contributed by atoms with Crippen molar-refractivity contribution in [3.8, 4) is 0 Å². The van der Waals surface area contributed by atoms with Crippen LogP contribution in [0.2, 0.25) is 5.02 Å². The summed E-state index contributed by atoms with van der Waals surface area (Å²) in [4.78, 5) is 0. The zero-order valence-electron chi connectivity index (χ0n) is 9.18. The van der Waals surface area contributed by atoms with E-state index in [1.807, 2.05) is 18.2 Å². The van der Waals surface area contributed by atoms with E-state index < -0.39 is 0 Å². The van der Waals surface area contributed by atoms with Gasteiger partial charge in [0.05, 0.1) is 15.2 Å². The molecule has 5 heteroatoms. The van der Waals surface area contributed by atoms with Crippen LogP contribution in [0.25, 0.3) is 0 Å². The Bertz CT molecular complexity index is 575. The quantitative estimate of drug-likeness (QED) is 0.714. The Hall–Kier alpha value is -0.580. The summed E-state index contributed by atoms with van der Waals surface area (Å²) in [6.45, 7) is 0.584. The number of benzene rings is 2. The van der Waals surface area contributed by atoms with Crippen LogP contribution in [-0.2, 0) is 6.54 Å². The molecule has 2 aromatic carbocycles. The molecule has 0 saturated heterocycles.